The van der Waals surface area contributed by atoms with E-state index < -0.39 is 20.0 Å². The van der Waals surface area contributed by atoms with E-state index in [0.29, 0.717) is 24.3 Å². The molecule has 1 aliphatic carbocycles. The first-order valence-corrected chi connectivity index (χ1v) is 14.1. The van der Waals surface area contributed by atoms with Gasteiger partial charge in [0.25, 0.3) is 20.0 Å². The molecule has 3 aromatic carbocycles. The molecule has 0 saturated heterocycles. The number of anilines is 2. The van der Waals surface area contributed by atoms with Gasteiger partial charge in [0.05, 0.1) is 21.2 Å². The second-order valence-electron chi connectivity index (χ2n) is 8.58. The summed E-state index contributed by atoms with van der Waals surface area (Å²) in [6.07, 6.45) is 5.53. The third kappa shape index (κ3) is 4.25. The molecule has 0 atom stereocenters. The fourth-order valence-electron chi connectivity index (χ4n) is 4.66. The van der Waals surface area contributed by atoms with E-state index in [4.69, 9.17) is 0 Å². The summed E-state index contributed by atoms with van der Waals surface area (Å²) < 4.78 is 56.8. The first-order valence-electron chi connectivity index (χ1n) is 11.2. The Labute approximate surface area is 195 Å². The van der Waals surface area contributed by atoms with Gasteiger partial charge in [0.1, 0.15) is 0 Å². The van der Waals surface area contributed by atoms with Crippen molar-refractivity contribution in [2.75, 3.05) is 15.6 Å². The SMILES string of the molecule is O=S(=O)(Nc1ccc2c(c1)N(S(=O)(=O)c1ccccc1)CCC2)c1ccc2c(c1)CCCC2. The molecule has 5 rings (SSSR count). The van der Waals surface area contributed by atoms with Crippen molar-refractivity contribution in [2.45, 2.75) is 48.3 Å². The highest BCUT2D eigenvalue weighted by molar-refractivity contribution is 7.93. The van der Waals surface area contributed by atoms with Crippen molar-refractivity contribution < 1.29 is 16.8 Å². The Morgan fingerprint density at radius 3 is 2.15 bits per heavy atom. The molecule has 0 amide bonds. The van der Waals surface area contributed by atoms with Gasteiger partial charge in [0, 0.05) is 6.54 Å². The van der Waals surface area contributed by atoms with Crippen LogP contribution in [0, 0.1) is 0 Å². The summed E-state index contributed by atoms with van der Waals surface area (Å²) >= 11 is 0. The predicted molar refractivity (Wildman–Crippen MR) is 130 cm³/mol. The summed E-state index contributed by atoms with van der Waals surface area (Å²) in [7, 11) is -7.54. The van der Waals surface area contributed by atoms with Crippen molar-refractivity contribution >= 4 is 31.4 Å². The lowest BCUT2D eigenvalue weighted by atomic mass is 9.92. The van der Waals surface area contributed by atoms with E-state index in [2.05, 4.69) is 4.72 Å². The average molecular weight is 483 g/mol. The zero-order valence-electron chi connectivity index (χ0n) is 18.2. The van der Waals surface area contributed by atoms with E-state index in [0.717, 1.165) is 43.2 Å². The normalized spacial score (nSPS) is 16.1. The van der Waals surface area contributed by atoms with Gasteiger partial charge in [-0.3, -0.25) is 9.03 Å². The van der Waals surface area contributed by atoms with Crippen molar-refractivity contribution in [1.82, 2.24) is 0 Å². The van der Waals surface area contributed by atoms with Gasteiger partial charge in [0.15, 0.2) is 0 Å². The molecule has 0 aromatic heterocycles. The Bertz CT molecular complexity index is 1400. The molecule has 1 N–H and O–H groups in total. The highest BCUT2D eigenvalue weighted by atomic mass is 32.2. The maximum absolute atomic E-state index is 13.3. The van der Waals surface area contributed by atoms with Gasteiger partial charge in [-0.2, -0.15) is 0 Å². The van der Waals surface area contributed by atoms with Gasteiger partial charge in [-0.05, 0) is 91.6 Å². The highest BCUT2D eigenvalue weighted by Gasteiger charge is 2.29. The maximum Gasteiger partial charge on any atom is 0.264 e. The van der Waals surface area contributed by atoms with E-state index in [-0.39, 0.29) is 9.79 Å². The third-order valence-corrected chi connectivity index (χ3v) is 9.58. The van der Waals surface area contributed by atoms with E-state index in [9.17, 15) is 16.8 Å². The minimum absolute atomic E-state index is 0.220. The first kappa shape index (κ1) is 22.0. The molecule has 0 saturated carbocycles. The molecular formula is C25H26N2O4S2. The van der Waals surface area contributed by atoms with Crippen molar-refractivity contribution in [3.63, 3.8) is 0 Å². The standard InChI is InChI=1S/C25H26N2O4S2/c28-32(29,24-15-13-19-7-4-5-8-21(19)17-24)26-22-14-12-20-9-6-16-27(25(20)18-22)33(30,31)23-10-2-1-3-11-23/h1-3,10-15,17-18,26H,4-9,16H2. The van der Waals surface area contributed by atoms with Crippen LogP contribution in [0.5, 0.6) is 0 Å². The second-order valence-corrected chi connectivity index (χ2v) is 12.1. The Morgan fingerprint density at radius 1 is 0.667 bits per heavy atom. The average Bonchev–Trinajstić information content (AvgIpc) is 2.83. The van der Waals surface area contributed by atoms with Crippen molar-refractivity contribution in [1.29, 1.82) is 0 Å². The summed E-state index contributed by atoms with van der Waals surface area (Å²) in [5.41, 5.74) is 4.07. The molecule has 1 aliphatic heterocycles. The topological polar surface area (TPSA) is 83.6 Å². The summed E-state index contributed by atoms with van der Waals surface area (Å²) in [6.45, 7) is 0.352. The molecule has 3 aromatic rings. The maximum atomic E-state index is 13.3. The van der Waals surface area contributed by atoms with Crippen LogP contribution in [-0.2, 0) is 39.3 Å². The number of aryl methyl sites for hydroxylation is 3. The molecule has 0 unspecified atom stereocenters. The van der Waals surface area contributed by atoms with Crippen LogP contribution in [0.4, 0.5) is 11.4 Å². The zero-order chi connectivity index (χ0) is 23.1. The zero-order valence-corrected chi connectivity index (χ0v) is 19.8. The minimum atomic E-state index is -3.80. The largest absolute Gasteiger partial charge is 0.280 e. The summed E-state index contributed by atoms with van der Waals surface area (Å²) in [4.78, 5) is 0.451. The fourth-order valence-corrected chi connectivity index (χ4v) is 7.32. The van der Waals surface area contributed by atoms with Crippen molar-refractivity contribution in [3.05, 3.63) is 83.4 Å². The monoisotopic (exact) mass is 482 g/mol. The third-order valence-electron chi connectivity index (χ3n) is 6.37. The summed E-state index contributed by atoms with van der Waals surface area (Å²) in [5, 5.41) is 0. The molecule has 33 heavy (non-hydrogen) atoms. The molecule has 2 aliphatic rings. The predicted octanol–water partition coefficient (Wildman–Crippen LogP) is 4.51. The molecule has 172 valence electrons. The Hall–Kier alpha value is -2.84. The summed E-state index contributed by atoms with van der Waals surface area (Å²) in [5.74, 6) is 0. The van der Waals surface area contributed by atoms with Crippen LogP contribution in [-0.4, -0.2) is 23.4 Å². The number of nitrogens with one attached hydrogen (secondary N) is 1. The number of nitrogens with zero attached hydrogens (tertiary/aromatic N) is 1. The fraction of sp³-hybridized carbons (Fsp3) is 0.280. The molecule has 0 radical (unpaired) electrons. The quantitative estimate of drug-likeness (QED) is 0.580. The second kappa shape index (κ2) is 8.50. The Morgan fingerprint density at radius 2 is 1.36 bits per heavy atom. The molecule has 1 heterocycles. The number of hydrogen-bond acceptors (Lipinski definition) is 4. The van der Waals surface area contributed by atoms with Gasteiger partial charge in [-0.15, -0.1) is 0 Å². The van der Waals surface area contributed by atoms with Gasteiger partial charge < -0.3 is 0 Å². The van der Waals surface area contributed by atoms with Crippen molar-refractivity contribution in [3.8, 4) is 0 Å². The number of hydrogen-bond donors (Lipinski definition) is 1. The minimum Gasteiger partial charge on any atom is -0.280 e. The lowest BCUT2D eigenvalue weighted by molar-refractivity contribution is 0.586. The lowest BCUT2D eigenvalue weighted by Crippen LogP contribution is -2.35. The first-order chi connectivity index (χ1) is 15.8. The van der Waals surface area contributed by atoms with E-state index in [1.165, 1.54) is 9.87 Å². The molecular weight excluding hydrogens is 456 g/mol. The van der Waals surface area contributed by atoms with Crippen LogP contribution in [0.15, 0.2) is 76.5 Å². The Kier molecular flexibility index (Phi) is 5.66. The van der Waals surface area contributed by atoms with Gasteiger partial charge in [-0.1, -0.05) is 30.3 Å². The smallest absolute Gasteiger partial charge is 0.264 e. The number of benzene rings is 3. The van der Waals surface area contributed by atoms with Crippen LogP contribution in [0.1, 0.15) is 36.0 Å². The van der Waals surface area contributed by atoms with Crippen LogP contribution < -0.4 is 9.03 Å². The van der Waals surface area contributed by atoms with E-state index >= 15 is 0 Å². The van der Waals surface area contributed by atoms with E-state index in [1.807, 2.05) is 12.1 Å². The molecule has 0 fully saturated rings. The number of sulfonamides is 2. The molecule has 6 nitrogen and oxygen atoms in total. The van der Waals surface area contributed by atoms with Crippen LogP contribution in [0.25, 0.3) is 0 Å². The lowest BCUT2D eigenvalue weighted by Gasteiger charge is -2.31. The number of fused-ring (bicyclic) bond motifs is 2. The highest BCUT2D eigenvalue weighted by Crippen LogP contribution is 2.35. The summed E-state index contributed by atoms with van der Waals surface area (Å²) in [6, 6.07) is 18.8. The van der Waals surface area contributed by atoms with Gasteiger partial charge >= 0.3 is 0 Å². The molecule has 8 heteroatoms. The van der Waals surface area contributed by atoms with E-state index in [1.54, 1.807) is 54.6 Å². The van der Waals surface area contributed by atoms with Crippen LogP contribution in [0.2, 0.25) is 0 Å². The Balaban J connectivity index is 1.47. The van der Waals surface area contributed by atoms with Gasteiger partial charge in [-0.25, -0.2) is 16.8 Å². The molecule has 0 bridgehead atoms. The van der Waals surface area contributed by atoms with Crippen molar-refractivity contribution in [2.24, 2.45) is 0 Å². The number of rotatable bonds is 5. The molecule has 0 spiro atoms. The van der Waals surface area contributed by atoms with Crippen LogP contribution in [0.3, 0.4) is 0 Å². The van der Waals surface area contributed by atoms with Gasteiger partial charge in [0.2, 0.25) is 0 Å². The van der Waals surface area contributed by atoms with Crippen LogP contribution >= 0.6 is 0 Å².